The van der Waals surface area contributed by atoms with Crippen molar-refractivity contribution in [1.29, 1.82) is 0 Å². The third-order valence-electron chi connectivity index (χ3n) is 3.10. The summed E-state index contributed by atoms with van der Waals surface area (Å²) in [5.41, 5.74) is 5.72. The van der Waals surface area contributed by atoms with E-state index in [4.69, 9.17) is 33.7 Å². The predicted molar refractivity (Wildman–Crippen MR) is 82.2 cm³/mol. The van der Waals surface area contributed by atoms with Gasteiger partial charge in [-0.15, -0.1) is 0 Å². The van der Waals surface area contributed by atoms with E-state index in [0.29, 0.717) is 21.7 Å². The molecule has 3 rings (SSSR count). The Labute approximate surface area is 131 Å². The molecule has 0 unspecified atom stereocenters. The van der Waals surface area contributed by atoms with Crippen LogP contribution < -0.4 is 15.4 Å². The topological polar surface area (TPSA) is 77.2 Å². The fourth-order valence-electron chi connectivity index (χ4n) is 2.12. The molecule has 1 aromatic carbocycles. The van der Waals surface area contributed by atoms with Gasteiger partial charge in [-0.1, -0.05) is 23.2 Å². The second-order valence-electron chi connectivity index (χ2n) is 4.65. The average Bonchev–Trinajstić information content (AvgIpc) is 2.96. The molecule has 1 fully saturated rings. The maximum absolute atomic E-state index is 6.06. The molecule has 1 saturated heterocycles. The summed E-state index contributed by atoms with van der Waals surface area (Å²) < 4.78 is 5.59. The maximum atomic E-state index is 6.06. The minimum Gasteiger partial charge on any atom is -0.422 e. The lowest BCUT2D eigenvalue weighted by atomic mass is 10.3. The lowest BCUT2D eigenvalue weighted by molar-refractivity contribution is 0.441. The molecule has 1 aromatic heterocycles. The van der Waals surface area contributed by atoms with E-state index in [2.05, 4.69) is 15.0 Å². The van der Waals surface area contributed by atoms with E-state index < -0.39 is 0 Å². The lowest BCUT2D eigenvalue weighted by Gasteiger charge is -2.15. The van der Waals surface area contributed by atoms with Crippen molar-refractivity contribution < 1.29 is 4.74 Å². The first-order chi connectivity index (χ1) is 10.1. The number of aromatic nitrogens is 3. The highest BCUT2D eigenvalue weighted by molar-refractivity contribution is 6.34. The second-order valence-corrected chi connectivity index (χ2v) is 5.49. The molecule has 1 aliphatic rings. The van der Waals surface area contributed by atoms with Crippen LogP contribution in [0.25, 0.3) is 0 Å². The van der Waals surface area contributed by atoms with Crippen LogP contribution in [0.5, 0.6) is 11.8 Å². The normalized spacial score (nSPS) is 14.5. The van der Waals surface area contributed by atoms with Crippen molar-refractivity contribution >= 4 is 35.1 Å². The minimum atomic E-state index is 0.105. The SMILES string of the molecule is Nc1nc(Oc2cc(Cl)ccc2Cl)nc(N2CCCC2)n1. The monoisotopic (exact) mass is 325 g/mol. The summed E-state index contributed by atoms with van der Waals surface area (Å²) in [5, 5.41) is 0.928. The number of nitrogens with zero attached hydrogens (tertiary/aromatic N) is 4. The van der Waals surface area contributed by atoms with Crippen LogP contribution in [0.4, 0.5) is 11.9 Å². The molecule has 1 aliphatic heterocycles. The maximum Gasteiger partial charge on any atom is 0.328 e. The Hall–Kier alpha value is -1.79. The van der Waals surface area contributed by atoms with Gasteiger partial charge in [0.25, 0.3) is 0 Å². The van der Waals surface area contributed by atoms with Crippen LogP contribution in [0.3, 0.4) is 0 Å². The van der Waals surface area contributed by atoms with Crippen LogP contribution in [0, 0.1) is 0 Å². The second kappa shape index (κ2) is 5.91. The first-order valence-corrected chi connectivity index (χ1v) is 7.27. The number of ether oxygens (including phenoxy) is 1. The lowest BCUT2D eigenvalue weighted by Crippen LogP contribution is -2.21. The molecule has 21 heavy (non-hydrogen) atoms. The molecule has 0 amide bonds. The summed E-state index contributed by atoms with van der Waals surface area (Å²) >= 11 is 12.0. The van der Waals surface area contributed by atoms with Crippen LogP contribution in [0.15, 0.2) is 18.2 Å². The van der Waals surface area contributed by atoms with Crippen molar-refractivity contribution in [1.82, 2.24) is 15.0 Å². The van der Waals surface area contributed by atoms with Gasteiger partial charge in [-0.3, -0.25) is 0 Å². The van der Waals surface area contributed by atoms with Crippen molar-refractivity contribution in [2.24, 2.45) is 0 Å². The van der Waals surface area contributed by atoms with E-state index >= 15 is 0 Å². The molecule has 0 atom stereocenters. The van der Waals surface area contributed by atoms with Crippen LogP contribution in [-0.2, 0) is 0 Å². The molecule has 0 saturated carbocycles. The Bertz CT molecular complexity index is 661. The Morgan fingerprint density at radius 1 is 1.10 bits per heavy atom. The predicted octanol–water partition coefficient (Wildman–Crippen LogP) is 3.15. The molecule has 8 heteroatoms. The highest BCUT2D eigenvalue weighted by atomic mass is 35.5. The Morgan fingerprint density at radius 2 is 1.86 bits per heavy atom. The summed E-state index contributed by atoms with van der Waals surface area (Å²) in [6.45, 7) is 1.81. The summed E-state index contributed by atoms with van der Waals surface area (Å²) in [6.07, 6.45) is 2.23. The molecular weight excluding hydrogens is 313 g/mol. The quantitative estimate of drug-likeness (QED) is 0.934. The Morgan fingerprint density at radius 3 is 2.62 bits per heavy atom. The highest BCUT2D eigenvalue weighted by Crippen LogP contribution is 2.31. The van der Waals surface area contributed by atoms with Gasteiger partial charge in [-0.05, 0) is 25.0 Å². The Balaban J connectivity index is 1.89. The number of nitrogen functional groups attached to an aromatic ring is 1. The van der Waals surface area contributed by atoms with Gasteiger partial charge in [0.2, 0.25) is 11.9 Å². The van der Waals surface area contributed by atoms with Gasteiger partial charge >= 0.3 is 6.01 Å². The molecule has 2 heterocycles. The van der Waals surface area contributed by atoms with Crippen molar-refractivity contribution in [3.05, 3.63) is 28.2 Å². The number of hydrogen-bond donors (Lipinski definition) is 1. The van der Waals surface area contributed by atoms with Crippen LogP contribution in [0.1, 0.15) is 12.8 Å². The zero-order valence-electron chi connectivity index (χ0n) is 11.1. The number of nitrogens with two attached hydrogens (primary N) is 1. The van der Waals surface area contributed by atoms with E-state index in [1.165, 1.54) is 0 Å². The summed E-state index contributed by atoms with van der Waals surface area (Å²) in [6, 6.07) is 5.02. The van der Waals surface area contributed by atoms with Crippen LogP contribution in [-0.4, -0.2) is 28.0 Å². The van der Waals surface area contributed by atoms with Gasteiger partial charge in [0.05, 0.1) is 5.02 Å². The fourth-order valence-corrected chi connectivity index (χ4v) is 2.44. The average molecular weight is 326 g/mol. The van der Waals surface area contributed by atoms with E-state index in [0.717, 1.165) is 25.9 Å². The van der Waals surface area contributed by atoms with Gasteiger partial charge in [-0.25, -0.2) is 0 Å². The van der Waals surface area contributed by atoms with E-state index in [-0.39, 0.29) is 12.0 Å². The molecule has 0 bridgehead atoms. The first kappa shape index (κ1) is 14.2. The third kappa shape index (κ3) is 3.28. The molecule has 110 valence electrons. The Kier molecular flexibility index (Phi) is 3.98. The zero-order chi connectivity index (χ0) is 14.8. The van der Waals surface area contributed by atoms with Gasteiger partial charge in [0, 0.05) is 24.2 Å². The van der Waals surface area contributed by atoms with Gasteiger partial charge in [0.15, 0.2) is 5.75 Å². The molecule has 0 radical (unpaired) electrons. The number of hydrogen-bond acceptors (Lipinski definition) is 6. The standard InChI is InChI=1S/C13H13Cl2N5O/c14-8-3-4-9(15)10(7-8)21-13-18-11(16)17-12(19-13)20-5-1-2-6-20/h3-4,7H,1-2,5-6H2,(H2,16,17,18,19). The zero-order valence-corrected chi connectivity index (χ0v) is 12.6. The number of rotatable bonds is 3. The van der Waals surface area contributed by atoms with Crippen molar-refractivity contribution in [2.45, 2.75) is 12.8 Å². The van der Waals surface area contributed by atoms with Gasteiger partial charge in [-0.2, -0.15) is 15.0 Å². The van der Waals surface area contributed by atoms with Gasteiger partial charge in [0.1, 0.15) is 0 Å². The summed E-state index contributed by atoms with van der Waals surface area (Å²) in [7, 11) is 0. The number of halogens is 2. The van der Waals surface area contributed by atoms with Crippen LogP contribution in [0.2, 0.25) is 10.0 Å². The molecule has 6 nitrogen and oxygen atoms in total. The van der Waals surface area contributed by atoms with Crippen molar-refractivity contribution in [3.63, 3.8) is 0 Å². The first-order valence-electron chi connectivity index (χ1n) is 6.51. The van der Waals surface area contributed by atoms with Crippen LogP contribution >= 0.6 is 23.2 Å². The summed E-state index contributed by atoms with van der Waals surface area (Å²) in [5.74, 6) is 1.01. The largest absolute Gasteiger partial charge is 0.422 e. The summed E-state index contributed by atoms with van der Waals surface area (Å²) in [4.78, 5) is 14.4. The van der Waals surface area contributed by atoms with E-state index in [9.17, 15) is 0 Å². The molecule has 2 N–H and O–H groups in total. The molecule has 2 aromatic rings. The highest BCUT2D eigenvalue weighted by Gasteiger charge is 2.18. The number of anilines is 2. The third-order valence-corrected chi connectivity index (χ3v) is 3.65. The van der Waals surface area contributed by atoms with Crippen molar-refractivity contribution in [2.75, 3.05) is 23.7 Å². The smallest absolute Gasteiger partial charge is 0.328 e. The molecule has 0 spiro atoms. The minimum absolute atomic E-state index is 0.105. The number of benzene rings is 1. The van der Waals surface area contributed by atoms with E-state index in [1.54, 1.807) is 18.2 Å². The van der Waals surface area contributed by atoms with Gasteiger partial charge < -0.3 is 15.4 Å². The van der Waals surface area contributed by atoms with Crippen molar-refractivity contribution in [3.8, 4) is 11.8 Å². The fraction of sp³-hybridized carbons (Fsp3) is 0.308. The molecular formula is C13H13Cl2N5O. The molecule has 0 aliphatic carbocycles. The van der Waals surface area contributed by atoms with E-state index in [1.807, 2.05) is 4.90 Å².